The summed E-state index contributed by atoms with van der Waals surface area (Å²) in [5.74, 6) is -1.07. The minimum Gasteiger partial charge on any atom is -0.379 e. The van der Waals surface area contributed by atoms with Crippen molar-refractivity contribution in [3.8, 4) is 0 Å². The van der Waals surface area contributed by atoms with Crippen LogP contribution in [0, 0.1) is 12.7 Å². The Balaban J connectivity index is 1.41. The molecule has 1 saturated heterocycles. The molecule has 0 spiro atoms. The average molecular weight is 442 g/mol. The Morgan fingerprint density at radius 3 is 2.68 bits per heavy atom. The van der Waals surface area contributed by atoms with Crippen LogP contribution in [0.25, 0.3) is 10.1 Å². The van der Waals surface area contributed by atoms with E-state index in [1.807, 2.05) is 31.2 Å². The molecule has 162 valence electrons. The van der Waals surface area contributed by atoms with Crippen LogP contribution in [0.2, 0.25) is 0 Å². The van der Waals surface area contributed by atoms with Crippen LogP contribution in [0.4, 0.5) is 15.8 Å². The summed E-state index contributed by atoms with van der Waals surface area (Å²) in [4.78, 5) is 27.8. The second-order valence-electron chi connectivity index (χ2n) is 7.45. The largest absolute Gasteiger partial charge is 0.379 e. The molecule has 0 unspecified atom stereocenters. The molecule has 1 aliphatic heterocycles. The van der Waals surface area contributed by atoms with E-state index in [2.05, 4.69) is 15.5 Å². The maximum absolute atomic E-state index is 14.2. The molecular formula is C23H24FN3O3S. The molecule has 2 aromatic carbocycles. The van der Waals surface area contributed by atoms with Crippen LogP contribution in [0.1, 0.15) is 21.7 Å². The van der Waals surface area contributed by atoms with Crippen LogP contribution in [-0.2, 0) is 9.53 Å². The number of carbonyl (C=O) groups is 2. The molecular weight excluding hydrogens is 417 g/mol. The Labute approximate surface area is 184 Å². The van der Waals surface area contributed by atoms with Gasteiger partial charge in [0.05, 0.1) is 23.8 Å². The molecule has 0 radical (unpaired) electrons. The predicted molar refractivity (Wildman–Crippen MR) is 121 cm³/mol. The van der Waals surface area contributed by atoms with E-state index >= 15 is 0 Å². The number of amides is 2. The Morgan fingerprint density at radius 2 is 1.90 bits per heavy atom. The van der Waals surface area contributed by atoms with Gasteiger partial charge >= 0.3 is 0 Å². The third kappa shape index (κ3) is 5.10. The molecule has 2 amide bonds. The number of thiophene rings is 1. The van der Waals surface area contributed by atoms with Crippen molar-refractivity contribution in [3.63, 3.8) is 0 Å². The number of benzene rings is 2. The molecule has 0 saturated carbocycles. The summed E-state index contributed by atoms with van der Waals surface area (Å²) in [6.45, 7) is 5.42. The molecule has 2 heterocycles. The van der Waals surface area contributed by atoms with Crippen LogP contribution in [0.5, 0.6) is 0 Å². The van der Waals surface area contributed by atoms with Gasteiger partial charge in [-0.25, -0.2) is 4.39 Å². The number of carbonyl (C=O) groups excluding carboxylic acids is 2. The first-order chi connectivity index (χ1) is 15.0. The normalized spacial score (nSPS) is 14.5. The lowest BCUT2D eigenvalue weighted by Gasteiger charge is -2.26. The van der Waals surface area contributed by atoms with Gasteiger partial charge in [-0.3, -0.25) is 14.5 Å². The maximum Gasteiger partial charge on any atom is 0.266 e. The summed E-state index contributed by atoms with van der Waals surface area (Å²) in [6, 6.07) is 12.0. The second-order valence-corrected chi connectivity index (χ2v) is 8.51. The van der Waals surface area contributed by atoms with Gasteiger partial charge in [0, 0.05) is 36.4 Å². The van der Waals surface area contributed by atoms with Crippen molar-refractivity contribution in [2.45, 2.75) is 13.3 Å². The fourth-order valence-corrected chi connectivity index (χ4v) is 4.68. The summed E-state index contributed by atoms with van der Waals surface area (Å²) in [5.41, 5.74) is 1.39. The SMILES string of the molecule is Cc1c(C(=O)Nc2ccc(F)c(NC(=O)CCN3CCOCC3)c2)sc2ccccc12. The van der Waals surface area contributed by atoms with Crippen molar-refractivity contribution >= 4 is 44.6 Å². The van der Waals surface area contributed by atoms with E-state index in [9.17, 15) is 14.0 Å². The van der Waals surface area contributed by atoms with Crippen LogP contribution in [0.3, 0.4) is 0 Å². The summed E-state index contributed by atoms with van der Waals surface area (Å²) in [7, 11) is 0. The lowest BCUT2D eigenvalue weighted by atomic mass is 10.1. The molecule has 3 aromatic rings. The molecule has 1 aromatic heterocycles. The van der Waals surface area contributed by atoms with Crippen molar-refractivity contribution in [2.24, 2.45) is 0 Å². The van der Waals surface area contributed by atoms with E-state index in [1.54, 1.807) is 0 Å². The van der Waals surface area contributed by atoms with E-state index in [0.29, 0.717) is 30.3 Å². The molecule has 8 heteroatoms. The fourth-order valence-electron chi connectivity index (χ4n) is 3.57. The number of hydrogen-bond donors (Lipinski definition) is 2. The minimum absolute atomic E-state index is 0.0536. The smallest absolute Gasteiger partial charge is 0.266 e. The van der Waals surface area contributed by atoms with Crippen molar-refractivity contribution in [3.05, 3.63) is 58.7 Å². The predicted octanol–water partition coefficient (Wildman–Crippen LogP) is 4.26. The lowest BCUT2D eigenvalue weighted by Crippen LogP contribution is -2.38. The molecule has 1 fully saturated rings. The minimum atomic E-state index is -0.546. The van der Waals surface area contributed by atoms with Crippen LogP contribution in [-0.4, -0.2) is 49.6 Å². The molecule has 4 rings (SSSR count). The molecule has 0 aliphatic carbocycles. The van der Waals surface area contributed by atoms with Crippen molar-refractivity contribution in [1.82, 2.24) is 4.90 Å². The molecule has 0 bridgehead atoms. The fraction of sp³-hybridized carbons (Fsp3) is 0.304. The number of fused-ring (bicyclic) bond motifs is 1. The Kier molecular flexibility index (Phi) is 6.60. The summed E-state index contributed by atoms with van der Waals surface area (Å²) in [6.07, 6.45) is 0.261. The number of hydrogen-bond acceptors (Lipinski definition) is 5. The van der Waals surface area contributed by atoms with Gasteiger partial charge in [0.1, 0.15) is 5.82 Å². The number of nitrogens with one attached hydrogen (secondary N) is 2. The summed E-state index contributed by atoms with van der Waals surface area (Å²) < 4.78 is 20.6. The number of nitrogens with zero attached hydrogens (tertiary/aromatic N) is 1. The molecule has 31 heavy (non-hydrogen) atoms. The Hall–Kier alpha value is -2.81. The Bertz CT molecular complexity index is 1110. The highest BCUT2D eigenvalue weighted by Gasteiger charge is 2.17. The van der Waals surface area contributed by atoms with Crippen molar-refractivity contribution in [2.75, 3.05) is 43.5 Å². The topological polar surface area (TPSA) is 70.7 Å². The zero-order valence-corrected chi connectivity index (χ0v) is 18.1. The highest BCUT2D eigenvalue weighted by Crippen LogP contribution is 2.31. The van der Waals surface area contributed by atoms with Gasteiger partial charge in [0.25, 0.3) is 5.91 Å². The number of rotatable bonds is 6. The second kappa shape index (κ2) is 9.55. The highest BCUT2D eigenvalue weighted by atomic mass is 32.1. The van der Waals surface area contributed by atoms with Crippen LogP contribution < -0.4 is 10.6 Å². The summed E-state index contributed by atoms with van der Waals surface area (Å²) in [5, 5.41) is 6.48. The standard InChI is InChI=1S/C23H24FN3O3S/c1-15-17-4-2-3-5-20(17)31-22(15)23(29)25-16-6-7-18(24)19(14-16)26-21(28)8-9-27-10-12-30-13-11-27/h2-7,14H,8-13H2,1H3,(H,25,29)(H,26,28). The van der Waals surface area contributed by atoms with E-state index in [0.717, 1.165) is 28.7 Å². The monoisotopic (exact) mass is 441 g/mol. The van der Waals surface area contributed by atoms with Gasteiger partial charge in [-0.1, -0.05) is 18.2 Å². The third-order valence-electron chi connectivity index (χ3n) is 5.31. The zero-order chi connectivity index (χ0) is 21.8. The van der Waals surface area contributed by atoms with E-state index in [4.69, 9.17) is 4.74 Å². The van der Waals surface area contributed by atoms with Crippen molar-refractivity contribution < 1.29 is 18.7 Å². The number of ether oxygens (including phenoxy) is 1. The number of morpholine rings is 1. The average Bonchev–Trinajstić information content (AvgIpc) is 3.12. The van der Waals surface area contributed by atoms with E-state index in [-0.39, 0.29) is 23.9 Å². The first-order valence-electron chi connectivity index (χ1n) is 10.2. The Morgan fingerprint density at radius 1 is 1.13 bits per heavy atom. The number of halogens is 1. The molecule has 2 N–H and O–H groups in total. The third-order valence-corrected chi connectivity index (χ3v) is 6.58. The van der Waals surface area contributed by atoms with Gasteiger partial charge in [-0.2, -0.15) is 0 Å². The van der Waals surface area contributed by atoms with Crippen LogP contribution in [0.15, 0.2) is 42.5 Å². The van der Waals surface area contributed by atoms with Gasteiger partial charge in [-0.05, 0) is 42.1 Å². The maximum atomic E-state index is 14.2. The first kappa shape index (κ1) is 21.4. The zero-order valence-electron chi connectivity index (χ0n) is 17.2. The molecule has 1 aliphatic rings. The quantitative estimate of drug-likeness (QED) is 0.600. The first-order valence-corrected chi connectivity index (χ1v) is 11.0. The summed E-state index contributed by atoms with van der Waals surface area (Å²) >= 11 is 1.42. The highest BCUT2D eigenvalue weighted by molar-refractivity contribution is 7.21. The lowest BCUT2D eigenvalue weighted by molar-refractivity contribution is -0.116. The van der Waals surface area contributed by atoms with Crippen LogP contribution >= 0.6 is 11.3 Å². The van der Waals surface area contributed by atoms with E-state index in [1.165, 1.54) is 29.5 Å². The number of aryl methyl sites for hydroxylation is 1. The van der Waals surface area contributed by atoms with Crippen molar-refractivity contribution in [1.29, 1.82) is 0 Å². The molecule has 6 nitrogen and oxygen atoms in total. The van der Waals surface area contributed by atoms with Gasteiger partial charge < -0.3 is 15.4 Å². The van der Waals surface area contributed by atoms with Gasteiger partial charge in [0.2, 0.25) is 5.91 Å². The van der Waals surface area contributed by atoms with Gasteiger partial charge in [-0.15, -0.1) is 11.3 Å². The molecule has 0 atom stereocenters. The van der Waals surface area contributed by atoms with Gasteiger partial charge in [0.15, 0.2) is 0 Å². The number of anilines is 2. The van der Waals surface area contributed by atoms with E-state index < -0.39 is 5.82 Å².